The van der Waals surface area contributed by atoms with E-state index in [1.54, 1.807) is 12.1 Å². The van der Waals surface area contributed by atoms with Crippen LogP contribution in [0.2, 0.25) is 0 Å². The first-order valence-corrected chi connectivity index (χ1v) is 4.10. The third-order valence-electron chi connectivity index (χ3n) is 2.14. The van der Waals surface area contributed by atoms with Crippen LogP contribution >= 0.6 is 0 Å². The molecule has 0 saturated heterocycles. The van der Waals surface area contributed by atoms with Crippen LogP contribution in [-0.4, -0.2) is 12.2 Å². The van der Waals surface area contributed by atoms with Gasteiger partial charge in [0.05, 0.1) is 5.92 Å². The number of hydrogen-bond acceptors (Lipinski definition) is 2. The number of carbonyl (C=O) groups excluding carboxylic acids is 1. The third-order valence-corrected chi connectivity index (χ3v) is 2.14. The van der Waals surface area contributed by atoms with Crippen LogP contribution in [0.5, 0.6) is 0 Å². The molecular weight excluding hydrogens is 188 g/mol. The highest BCUT2D eigenvalue weighted by Gasteiger charge is 2.38. The minimum Gasteiger partial charge on any atom is -0.398 e. The molecule has 0 bridgehead atoms. The Balaban J connectivity index is 3.06. The van der Waals surface area contributed by atoms with E-state index in [0.29, 0.717) is 0 Å². The lowest BCUT2D eigenvalue weighted by Gasteiger charge is -2.18. The first kappa shape index (κ1) is 10.6. The van der Waals surface area contributed by atoms with Gasteiger partial charge >= 0.3 is 5.92 Å². The fraction of sp³-hybridized carbons (Fsp3) is 0.300. The van der Waals surface area contributed by atoms with Crippen molar-refractivity contribution in [1.29, 1.82) is 0 Å². The van der Waals surface area contributed by atoms with Gasteiger partial charge in [-0.05, 0) is 11.6 Å². The number of alkyl halides is 2. The number of nitrogens with two attached hydrogens (primary N) is 1. The highest BCUT2D eigenvalue weighted by atomic mass is 19.3. The van der Waals surface area contributed by atoms with Crippen LogP contribution in [0.1, 0.15) is 18.4 Å². The van der Waals surface area contributed by atoms with Gasteiger partial charge in [0.2, 0.25) is 0 Å². The van der Waals surface area contributed by atoms with Crippen molar-refractivity contribution in [2.24, 2.45) is 0 Å². The monoisotopic (exact) mass is 198 g/mol. The minimum atomic E-state index is -3.49. The van der Waals surface area contributed by atoms with Crippen molar-refractivity contribution in [1.82, 2.24) is 0 Å². The second kappa shape index (κ2) is 3.74. The smallest absolute Gasteiger partial charge is 0.319 e. The molecule has 0 aliphatic carbocycles. The first-order valence-electron chi connectivity index (χ1n) is 4.10. The van der Waals surface area contributed by atoms with Crippen LogP contribution in [0.3, 0.4) is 0 Å². The lowest BCUT2D eigenvalue weighted by molar-refractivity contribution is 0.0494. The van der Waals surface area contributed by atoms with Gasteiger partial charge in [-0.15, -0.1) is 0 Å². The van der Waals surface area contributed by atoms with Gasteiger partial charge in [0.25, 0.3) is 6.29 Å². The highest BCUT2D eigenvalue weighted by Crippen LogP contribution is 2.34. The number of rotatable bonds is 3. The zero-order valence-electron chi connectivity index (χ0n) is 7.63. The second-order valence-corrected chi connectivity index (χ2v) is 3.08. The molecule has 2 N–H and O–H groups in total. The quantitative estimate of drug-likeness (QED) is 0.756. The van der Waals surface area contributed by atoms with Crippen LogP contribution in [0.4, 0.5) is 14.5 Å². The molecule has 14 heavy (non-hydrogen) atoms. The van der Waals surface area contributed by atoms with Gasteiger partial charge in [-0.1, -0.05) is 25.1 Å². The molecule has 0 spiro atoms. The van der Waals surface area contributed by atoms with Gasteiger partial charge < -0.3 is 5.73 Å². The maximum absolute atomic E-state index is 12.9. The molecular formula is C10H10F2NO. The fourth-order valence-electron chi connectivity index (χ4n) is 1.19. The summed E-state index contributed by atoms with van der Waals surface area (Å²) in [7, 11) is 0. The standard InChI is InChI=1S/C10H10F2NO/c1-7(10(11,12)6-14)8-4-2-3-5-9(8)13/h2-5,7H,13H2,1H3. The van der Waals surface area contributed by atoms with E-state index < -0.39 is 11.8 Å². The van der Waals surface area contributed by atoms with Crippen molar-refractivity contribution in [2.75, 3.05) is 5.73 Å². The van der Waals surface area contributed by atoms with E-state index in [1.165, 1.54) is 19.1 Å². The first-order chi connectivity index (χ1) is 6.49. The Hall–Kier alpha value is -1.45. The van der Waals surface area contributed by atoms with E-state index in [1.807, 2.05) is 0 Å². The lowest BCUT2D eigenvalue weighted by Crippen LogP contribution is -2.26. The molecule has 75 valence electrons. The molecule has 0 amide bonds. The van der Waals surface area contributed by atoms with E-state index in [0.717, 1.165) is 6.29 Å². The Morgan fingerprint density at radius 2 is 2.00 bits per heavy atom. The van der Waals surface area contributed by atoms with E-state index in [2.05, 4.69) is 0 Å². The van der Waals surface area contributed by atoms with Crippen LogP contribution in [0, 0.1) is 0 Å². The molecule has 0 aliphatic heterocycles. The molecule has 4 heteroatoms. The zero-order valence-corrected chi connectivity index (χ0v) is 7.63. The molecule has 0 saturated carbocycles. The average molecular weight is 198 g/mol. The van der Waals surface area contributed by atoms with Gasteiger partial charge in [-0.2, -0.15) is 8.78 Å². The van der Waals surface area contributed by atoms with Crippen molar-refractivity contribution in [3.8, 4) is 0 Å². The SMILES string of the molecule is CC(c1ccccc1N)C(F)(F)[C]=O. The van der Waals surface area contributed by atoms with Crippen LogP contribution < -0.4 is 5.73 Å². The van der Waals surface area contributed by atoms with Crippen LogP contribution in [0.25, 0.3) is 0 Å². The molecule has 1 unspecified atom stereocenters. The summed E-state index contributed by atoms with van der Waals surface area (Å²) < 4.78 is 25.9. The summed E-state index contributed by atoms with van der Waals surface area (Å²) in [4.78, 5) is 10.0. The van der Waals surface area contributed by atoms with E-state index in [-0.39, 0.29) is 11.3 Å². The summed E-state index contributed by atoms with van der Waals surface area (Å²) in [6.45, 7) is 1.25. The Labute approximate surface area is 80.7 Å². The number of para-hydroxylation sites is 1. The predicted octanol–water partition coefficient (Wildman–Crippen LogP) is 2.12. The fourth-order valence-corrected chi connectivity index (χ4v) is 1.19. The third kappa shape index (κ3) is 1.89. The Morgan fingerprint density at radius 1 is 1.43 bits per heavy atom. The summed E-state index contributed by atoms with van der Waals surface area (Å²) in [5, 5.41) is 0. The van der Waals surface area contributed by atoms with E-state index >= 15 is 0 Å². The lowest BCUT2D eigenvalue weighted by atomic mass is 9.94. The highest BCUT2D eigenvalue weighted by molar-refractivity contribution is 5.64. The number of anilines is 1. The van der Waals surface area contributed by atoms with Crippen molar-refractivity contribution < 1.29 is 13.6 Å². The Kier molecular flexibility index (Phi) is 2.84. The van der Waals surface area contributed by atoms with Crippen molar-refractivity contribution >= 4 is 12.0 Å². The molecule has 1 radical (unpaired) electrons. The van der Waals surface area contributed by atoms with Gasteiger partial charge in [-0.25, -0.2) is 0 Å². The van der Waals surface area contributed by atoms with Gasteiger partial charge in [0, 0.05) is 5.69 Å². The van der Waals surface area contributed by atoms with Crippen LogP contribution in [-0.2, 0) is 4.79 Å². The van der Waals surface area contributed by atoms with Crippen molar-refractivity contribution in [3.63, 3.8) is 0 Å². The van der Waals surface area contributed by atoms with Gasteiger partial charge in [0.15, 0.2) is 0 Å². The molecule has 0 aliphatic rings. The molecule has 0 aromatic heterocycles. The number of benzene rings is 1. The maximum Gasteiger partial charge on any atom is 0.319 e. The summed E-state index contributed by atoms with van der Waals surface area (Å²) in [5.74, 6) is -4.74. The summed E-state index contributed by atoms with van der Waals surface area (Å²) in [6.07, 6.45) is 0.728. The van der Waals surface area contributed by atoms with Gasteiger partial charge in [-0.3, -0.25) is 4.79 Å². The number of nitrogen functional groups attached to an aromatic ring is 1. The molecule has 1 aromatic rings. The normalized spacial score (nSPS) is 13.6. The van der Waals surface area contributed by atoms with Crippen LogP contribution in [0.15, 0.2) is 24.3 Å². The molecule has 0 heterocycles. The Morgan fingerprint density at radius 3 is 2.50 bits per heavy atom. The summed E-state index contributed by atoms with van der Waals surface area (Å²) in [6, 6.07) is 6.25. The predicted molar refractivity (Wildman–Crippen MR) is 49.9 cm³/mol. The molecule has 0 fully saturated rings. The topological polar surface area (TPSA) is 43.1 Å². The maximum atomic E-state index is 12.9. The zero-order chi connectivity index (χ0) is 10.8. The minimum absolute atomic E-state index is 0.259. The van der Waals surface area contributed by atoms with Crippen molar-refractivity contribution in [2.45, 2.75) is 18.8 Å². The molecule has 1 aromatic carbocycles. The Bertz CT molecular complexity index is 339. The molecule has 1 rings (SSSR count). The van der Waals surface area contributed by atoms with E-state index in [9.17, 15) is 13.6 Å². The molecule has 1 atom stereocenters. The summed E-state index contributed by atoms with van der Waals surface area (Å²) >= 11 is 0. The van der Waals surface area contributed by atoms with Crippen molar-refractivity contribution in [3.05, 3.63) is 29.8 Å². The largest absolute Gasteiger partial charge is 0.398 e. The number of halogens is 2. The second-order valence-electron chi connectivity index (χ2n) is 3.08. The average Bonchev–Trinajstić information content (AvgIpc) is 2.17. The molecule has 2 nitrogen and oxygen atoms in total. The number of hydrogen-bond donors (Lipinski definition) is 1. The van der Waals surface area contributed by atoms with Gasteiger partial charge in [0.1, 0.15) is 0 Å². The van der Waals surface area contributed by atoms with E-state index in [4.69, 9.17) is 5.73 Å². The summed E-state index contributed by atoms with van der Waals surface area (Å²) in [5.41, 5.74) is 6.03.